The van der Waals surface area contributed by atoms with E-state index in [1.54, 1.807) is 0 Å². The summed E-state index contributed by atoms with van der Waals surface area (Å²) in [5.74, 6) is 2.14. The van der Waals surface area contributed by atoms with Gasteiger partial charge in [-0.2, -0.15) is 0 Å². The Morgan fingerprint density at radius 1 is 1.36 bits per heavy atom. The lowest BCUT2D eigenvalue weighted by Gasteiger charge is -2.57. The Labute approximate surface area is 168 Å². The molecule has 0 spiro atoms. The van der Waals surface area contributed by atoms with E-state index in [-0.39, 0.29) is 17.4 Å². The molecule has 158 valence electrons. The summed E-state index contributed by atoms with van der Waals surface area (Å²) < 4.78 is 11.4. The molecule has 1 saturated carbocycles. The van der Waals surface area contributed by atoms with Crippen molar-refractivity contribution in [2.75, 3.05) is 26.2 Å². The van der Waals surface area contributed by atoms with Gasteiger partial charge in [0, 0.05) is 25.0 Å². The number of carbonyl (C=O) groups excluding carboxylic acids is 1. The van der Waals surface area contributed by atoms with E-state index in [0.29, 0.717) is 25.5 Å². The lowest BCUT2D eigenvalue weighted by atomic mass is 9.54. The number of aryl methyl sites for hydroxylation is 2. The highest BCUT2D eigenvalue weighted by Crippen LogP contribution is 2.49. The molecule has 0 aromatic carbocycles. The van der Waals surface area contributed by atoms with E-state index in [1.165, 1.54) is 0 Å². The maximum atomic E-state index is 12.8. The van der Waals surface area contributed by atoms with Gasteiger partial charge in [-0.25, -0.2) is 4.98 Å². The monoisotopic (exact) mass is 392 g/mol. The number of likely N-dealkylation sites (tertiary alicyclic amines) is 1. The highest BCUT2D eigenvalue weighted by Gasteiger charge is 2.62. The number of rotatable bonds is 7. The van der Waals surface area contributed by atoms with E-state index in [1.807, 2.05) is 34.6 Å². The van der Waals surface area contributed by atoms with E-state index < -0.39 is 5.54 Å². The Balaban J connectivity index is 1.42. The molecule has 1 aliphatic heterocycles. The van der Waals surface area contributed by atoms with Crippen LogP contribution >= 0.6 is 0 Å². The maximum Gasteiger partial charge on any atom is 0.240 e. The second-order valence-corrected chi connectivity index (χ2v) is 9.02. The molecule has 3 N–H and O–H groups in total. The van der Waals surface area contributed by atoms with Gasteiger partial charge in [0.25, 0.3) is 0 Å². The zero-order valence-corrected chi connectivity index (χ0v) is 18.0. The smallest absolute Gasteiger partial charge is 0.240 e. The van der Waals surface area contributed by atoms with E-state index in [0.717, 1.165) is 49.8 Å². The third kappa shape index (κ3) is 3.98. The molecule has 28 heavy (non-hydrogen) atoms. The van der Waals surface area contributed by atoms with Gasteiger partial charge in [0.2, 0.25) is 11.8 Å². The number of nitrogens with two attached hydrogens (primary N) is 1. The molecule has 2 fully saturated rings. The number of piperidine rings is 1. The fraction of sp³-hybridized carbons (Fsp3) is 0.810. The molecule has 7 heteroatoms. The number of nitrogens with zero attached hydrogens (tertiary/aromatic N) is 2. The van der Waals surface area contributed by atoms with Crippen LogP contribution in [0.4, 0.5) is 0 Å². The number of amides is 1. The zero-order valence-electron chi connectivity index (χ0n) is 18.0. The number of nitrogens with one attached hydrogen (secondary N) is 1. The number of carbonyl (C=O) groups is 1. The number of hydrogen-bond donors (Lipinski definition) is 2. The quantitative estimate of drug-likeness (QED) is 0.738. The van der Waals surface area contributed by atoms with Crippen molar-refractivity contribution in [2.24, 2.45) is 17.1 Å². The summed E-state index contributed by atoms with van der Waals surface area (Å²) in [6.07, 6.45) is 2.76. The minimum Gasteiger partial charge on any atom is -0.444 e. The Kier molecular flexibility index (Phi) is 6.17. The maximum absolute atomic E-state index is 12.8. The Morgan fingerprint density at radius 2 is 2.04 bits per heavy atom. The summed E-state index contributed by atoms with van der Waals surface area (Å²) in [6.45, 7) is 14.0. The van der Waals surface area contributed by atoms with Gasteiger partial charge in [0.1, 0.15) is 11.3 Å². The van der Waals surface area contributed by atoms with Gasteiger partial charge in [0.15, 0.2) is 0 Å². The Hall–Kier alpha value is -1.44. The lowest BCUT2D eigenvalue weighted by Crippen LogP contribution is -2.75. The van der Waals surface area contributed by atoms with Gasteiger partial charge in [-0.1, -0.05) is 13.8 Å². The fourth-order valence-corrected chi connectivity index (χ4v) is 4.36. The van der Waals surface area contributed by atoms with Gasteiger partial charge in [-0.05, 0) is 52.6 Å². The van der Waals surface area contributed by atoms with Gasteiger partial charge < -0.3 is 20.2 Å². The minimum atomic E-state index is -0.839. The van der Waals surface area contributed by atoms with Crippen LogP contribution in [0.15, 0.2) is 4.42 Å². The predicted octanol–water partition coefficient (Wildman–Crippen LogP) is 2.15. The van der Waals surface area contributed by atoms with Crippen LogP contribution in [-0.2, 0) is 16.1 Å². The summed E-state index contributed by atoms with van der Waals surface area (Å²) in [5.41, 5.74) is 6.25. The highest BCUT2D eigenvalue weighted by atomic mass is 16.5. The Morgan fingerprint density at radius 3 is 2.57 bits per heavy atom. The van der Waals surface area contributed by atoms with E-state index in [2.05, 4.69) is 15.2 Å². The molecule has 1 aromatic rings. The normalized spacial score (nSPS) is 28.1. The third-order valence-corrected chi connectivity index (χ3v) is 6.93. The van der Waals surface area contributed by atoms with Gasteiger partial charge >= 0.3 is 0 Å². The molecule has 2 unspecified atom stereocenters. The van der Waals surface area contributed by atoms with Gasteiger partial charge in [-0.15, -0.1) is 0 Å². The largest absolute Gasteiger partial charge is 0.444 e. The molecular formula is C21H36N4O3. The molecular weight excluding hydrogens is 356 g/mol. The lowest BCUT2D eigenvalue weighted by molar-refractivity contribution is -0.170. The van der Waals surface area contributed by atoms with Crippen LogP contribution in [0.25, 0.3) is 0 Å². The topological polar surface area (TPSA) is 93.6 Å². The molecule has 2 aliphatic rings. The van der Waals surface area contributed by atoms with Crippen molar-refractivity contribution in [3.63, 3.8) is 0 Å². The average molecular weight is 393 g/mol. The van der Waals surface area contributed by atoms with Crippen molar-refractivity contribution in [1.82, 2.24) is 15.2 Å². The van der Waals surface area contributed by atoms with Crippen molar-refractivity contribution in [1.29, 1.82) is 0 Å². The van der Waals surface area contributed by atoms with Gasteiger partial charge in [-0.3, -0.25) is 9.69 Å². The fourth-order valence-electron chi connectivity index (χ4n) is 4.36. The predicted molar refractivity (Wildman–Crippen MR) is 108 cm³/mol. The molecule has 7 nitrogen and oxygen atoms in total. The summed E-state index contributed by atoms with van der Waals surface area (Å²) in [5, 5.41) is 3.12. The van der Waals surface area contributed by atoms with Crippen LogP contribution in [0.1, 0.15) is 57.4 Å². The molecule has 2 heterocycles. The van der Waals surface area contributed by atoms with E-state index in [4.69, 9.17) is 14.9 Å². The van der Waals surface area contributed by atoms with E-state index in [9.17, 15) is 4.79 Å². The first kappa shape index (κ1) is 21.3. The van der Waals surface area contributed by atoms with Crippen LogP contribution in [0.3, 0.4) is 0 Å². The first-order chi connectivity index (χ1) is 13.2. The molecule has 1 saturated heterocycles. The number of oxazole rings is 1. The minimum absolute atomic E-state index is 0.0402. The molecule has 0 bridgehead atoms. The molecule has 1 aromatic heterocycles. The van der Waals surface area contributed by atoms with E-state index >= 15 is 0 Å². The molecule has 2 atom stereocenters. The number of hydrogen-bond acceptors (Lipinski definition) is 6. The summed E-state index contributed by atoms with van der Waals surface area (Å²) in [6, 6.07) is 0. The van der Waals surface area contributed by atoms with Crippen LogP contribution in [0.5, 0.6) is 0 Å². The molecule has 1 amide bonds. The summed E-state index contributed by atoms with van der Waals surface area (Å²) >= 11 is 0. The first-order valence-corrected chi connectivity index (χ1v) is 10.5. The number of aromatic nitrogens is 1. The first-order valence-electron chi connectivity index (χ1n) is 10.5. The molecule has 0 radical (unpaired) electrons. The second-order valence-electron chi connectivity index (χ2n) is 9.02. The SMILES string of the molecule is CCOC1CC(N)(C(=O)NCC2CCN(Cc3nc(C)c(C)o3)CC2)C1(C)C. The average Bonchev–Trinajstić information content (AvgIpc) is 2.97. The second kappa shape index (κ2) is 8.13. The van der Waals surface area contributed by atoms with Crippen LogP contribution in [0.2, 0.25) is 0 Å². The third-order valence-electron chi connectivity index (χ3n) is 6.93. The summed E-state index contributed by atoms with van der Waals surface area (Å²) in [7, 11) is 0. The summed E-state index contributed by atoms with van der Waals surface area (Å²) in [4.78, 5) is 19.6. The van der Waals surface area contributed by atoms with Crippen molar-refractivity contribution in [3.05, 3.63) is 17.3 Å². The zero-order chi connectivity index (χ0) is 20.5. The van der Waals surface area contributed by atoms with Crippen molar-refractivity contribution >= 4 is 5.91 Å². The van der Waals surface area contributed by atoms with Crippen LogP contribution in [-0.4, -0.2) is 53.7 Å². The van der Waals surface area contributed by atoms with Crippen LogP contribution < -0.4 is 11.1 Å². The number of ether oxygens (including phenoxy) is 1. The van der Waals surface area contributed by atoms with Crippen LogP contribution in [0, 0.1) is 25.2 Å². The van der Waals surface area contributed by atoms with Gasteiger partial charge in [0.05, 0.1) is 18.3 Å². The van der Waals surface area contributed by atoms with Crippen molar-refractivity contribution in [2.45, 2.75) is 72.1 Å². The molecule has 1 aliphatic carbocycles. The standard InChI is InChI=1S/C21H36N4O3/c1-6-27-17-11-21(22,20(17,4)5)19(26)23-12-16-7-9-25(10-8-16)13-18-24-14(2)15(3)28-18/h16-17H,6-13,22H2,1-5H3,(H,23,26). The van der Waals surface area contributed by atoms with Crippen molar-refractivity contribution < 1.29 is 13.9 Å². The Bertz CT molecular complexity index is 674. The molecule has 3 rings (SSSR count). The van der Waals surface area contributed by atoms with Crippen molar-refractivity contribution in [3.8, 4) is 0 Å². The highest BCUT2D eigenvalue weighted by molar-refractivity contribution is 5.88.